The summed E-state index contributed by atoms with van der Waals surface area (Å²) in [5.74, 6) is -3.03. The molecule has 0 unspecified atom stereocenters. The molecule has 0 bridgehead atoms. The zero-order valence-corrected chi connectivity index (χ0v) is 14.2. The van der Waals surface area contributed by atoms with Crippen molar-refractivity contribution in [1.29, 1.82) is 0 Å². The van der Waals surface area contributed by atoms with E-state index < -0.39 is 23.6 Å². The molecular formula is C17H19FN2O5. The van der Waals surface area contributed by atoms with Crippen LogP contribution in [0.25, 0.3) is 0 Å². The van der Waals surface area contributed by atoms with Crippen LogP contribution >= 0.6 is 0 Å². The van der Waals surface area contributed by atoms with Crippen LogP contribution in [0.5, 0.6) is 0 Å². The first-order chi connectivity index (χ1) is 11.9. The van der Waals surface area contributed by atoms with Gasteiger partial charge in [0.05, 0.1) is 5.69 Å². The average Bonchev–Trinajstić information content (AvgIpc) is 2.82. The van der Waals surface area contributed by atoms with E-state index in [0.717, 1.165) is 17.0 Å². The molecule has 1 heterocycles. The molecule has 0 fully saturated rings. The van der Waals surface area contributed by atoms with Gasteiger partial charge in [-0.05, 0) is 38.1 Å². The summed E-state index contributed by atoms with van der Waals surface area (Å²) in [7, 11) is 1.31. The van der Waals surface area contributed by atoms with E-state index in [4.69, 9.17) is 4.74 Å². The van der Waals surface area contributed by atoms with E-state index in [-0.39, 0.29) is 23.8 Å². The van der Waals surface area contributed by atoms with Crippen LogP contribution in [0.3, 0.4) is 0 Å². The van der Waals surface area contributed by atoms with E-state index >= 15 is 0 Å². The van der Waals surface area contributed by atoms with Crippen LogP contribution in [0.15, 0.2) is 35.7 Å². The van der Waals surface area contributed by atoms with E-state index in [1.165, 1.54) is 19.2 Å². The fraction of sp³-hybridized carbons (Fsp3) is 0.353. The summed E-state index contributed by atoms with van der Waals surface area (Å²) < 4.78 is 22.9. The monoisotopic (exact) mass is 350 g/mol. The second-order valence-electron chi connectivity index (χ2n) is 5.18. The topological polar surface area (TPSA) is 76.2 Å². The SMILES string of the molecule is CCN(CC)C1=C(OC(=O)COC)C(=O)N(c2ccc(F)cc2)C1=O. The van der Waals surface area contributed by atoms with Gasteiger partial charge < -0.3 is 14.4 Å². The Balaban J connectivity index is 2.44. The number of imide groups is 1. The van der Waals surface area contributed by atoms with Crippen molar-refractivity contribution in [2.24, 2.45) is 0 Å². The van der Waals surface area contributed by atoms with Gasteiger partial charge in [-0.15, -0.1) is 0 Å². The Morgan fingerprint density at radius 1 is 1.12 bits per heavy atom. The van der Waals surface area contributed by atoms with E-state index in [9.17, 15) is 18.8 Å². The van der Waals surface area contributed by atoms with Crippen molar-refractivity contribution in [2.75, 3.05) is 31.7 Å². The Kier molecular flexibility index (Phi) is 5.87. The molecule has 0 saturated carbocycles. The zero-order chi connectivity index (χ0) is 18.6. The number of carbonyl (C=O) groups excluding carboxylic acids is 3. The van der Waals surface area contributed by atoms with Gasteiger partial charge in [0.1, 0.15) is 12.4 Å². The molecule has 8 heteroatoms. The summed E-state index contributed by atoms with van der Waals surface area (Å²) in [5, 5.41) is 0. The minimum absolute atomic E-state index is 0.00350. The van der Waals surface area contributed by atoms with Crippen molar-refractivity contribution in [2.45, 2.75) is 13.8 Å². The quantitative estimate of drug-likeness (QED) is 0.547. The minimum Gasteiger partial charge on any atom is -0.416 e. The summed E-state index contributed by atoms with van der Waals surface area (Å²) in [6.07, 6.45) is 0. The lowest BCUT2D eigenvalue weighted by atomic mass is 10.3. The summed E-state index contributed by atoms with van der Waals surface area (Å²) in [4.78, 5) is 39.7. The number of anilines is 1. The van der Waals surface area contributed by atoms with E-state index in [1.807, 2.05) is 13.8 Å². The fourth-order valence-electron chi connectivity index (χ4n) is 2.49. The predicted molar refractivity (Wildman–Crippen MR) is 86.8 cm³/mol. The normalized spacial score (nSPS) is 14.3. The number of likely N-dealkylation sites (N-methyl/N-ethyl adjacent to an activating group) is 1. The maximum atomic E-state index is 13.1. The maximum absolute atomic E-state index is 13.1. The lowest BCUT2D eigenvalue weighted by Gasteiger charge is -2.22. The minimum atomic E-state index is -0.788. The van der Waals surface area contributed by atoms with Gasteiger partial charge in [0.15, 0.2) is 5.70 Å². The number of rotatable bonds is 7. The highest BCUT2D eigenvalue weighted by Crippen LogP contribution is 2.30. The molecule has 1 aromatic carbocycles. The lowest BCUT2D eigenvalue weighted by molar-refractivity contribution is -0.146. The highest BCUT2D eigenvalue weighted by Gasteiger charge is 2.44. The van der Waals surface area contributed by atoms with Crippen LogP contribution in [0.4, 0.5) is 10.1 Å². The molecule has 1 aliphatic rings. The van der Waals surface area contributed by atoms with Crippen molar-refractivity contribution >= 4 is 23.5 Å². The second-order valence-corrected chi connectivity index (χ2v) is 5.18. The largest absolute Gasteiger partial charge is 0.416 e. The Morgan fingerprint density at radius 3 is 2.24 bits per heavy atom. The molecule has 0 atom stereocenters. The summed E-state index contributed by atoms with van der Waals surface area (Å²) in [6, 6.07) is 4.90. The van der Waals surface area contributed by atoms with Crippen LogP contribution in [-0.4, -0.2) is 49.5 Å². The smallest absolute Gasteiger partial charge is 0.337 e. The number of carbonyl (C=O) groups is 3. The van der Waals surface area contributed by atoms with Gasteiger partial charge in [-0.1, -0.05) is 0 Å². The Bertz CT molecular complexity index is 710. The number of halogens is 1. The number of hydrogen-bond acceptors (Lipinski definition) is 6. The number of benzene rings is 1. The molecule has 0 radical (unpaired) electrons. The van der Waals surface area contributed by atoms with Gasteiger partial charge in [-0.2, -0.15) is 0 Å². The molecule has 0 saturated heterocycles. The average molecular weight is 350 g/mol. The number of esters is 1. The molecule has 134 valence electrons. The Labute approximate surface area is 144 Å². The third kappa shape index (κ3) is 3.69. The van der Waals surface area contributed by atoms with E-state index in [0.29, 0.717) is 13.1 Å². The summed E-state index contributed by atoms with van der Waals surface area (Å²) >= 11 is 0. The van der Waals surface area contributed by atoms with Crippen molar-refractivity contribution < 1.29 is 28.2 Å². The first-order valence-corrected chi connectivity index (χ1v) is 7.77. The second kappa shape index (κ2) is 7.89. The maximum Gasteiger partial charge on any atom is 0.337 e. The molecule has 2 amide bonds. The number of nitrogens with zero attached hydrogens (tertiary/aromatic N) is 2. The van der Waals surface area contributed by atoms with Crippen molar-refractivity contribution in [3.8, 4) is 0 Å². The van der Waals surface area contributed by atoms with Gasteiger partial charge in [-0.3, -0.25) is 9.59 Å². The molecule has 0 spiro atoms. The molecule has 25 heavy (non-hydrogen) atoms. The molecule has 0 N–H and O–H groups in total. The van der Waals surface area contributed by atoms with Crippen LogP contribution in [0, 0.1) is 5.82 Å². The molecule has 0 aliphatic carbocycles. The first kappa shape index (κ1) is 18.6. The van der Waals surface area contributed by atoms with Gasteiger partial charge in [0, 0.05) is 20.2 Å². The van der Waals surface area contributed by atoms with Crippen LogP contribution in [-0.2, 0) is 23.9 Å². The number of ether oxygens (including phenoxy) is 2. The molecule has 0 aromatic heterocycles. The number of methoxy groups -OCH3 is 1. The first-order valence-electron chi connectivity index (χ1n) is 7.77. The molecule has 2 rings (SSSR count). The molecular weight excluding hydrogens is 331 g/mol. The van der Waals surface area contributed by atoms with Crippen LogP contribution < -0.4 is 4.90 Å². The molecule has 1 aliphatic heterocycles. The summed E-state index contributed by atoms with van der Waals surface area (Å²) in [6.45, 7) is 4.14. The standard InChI is InChI=1S/C17H19FN2O5/c1-4-19(5-2)14-15(25-13(21)10-24-3)17(23)20(16(14)22)12-8-6-11(18)7-9-12/h6-9H,4-5,10H2,1-3H3. The number of amides is 2. The Morgan fingerprint density at radius 2 is 1.72 bits per heavy atom. The van der Waals surface area contributed by atoms with Gasteiger partial charge in [0.25, 0.3) is 5.91 Å². The lowest BCUT2D eigenvalue weighted by Crippen LogP contribution is -2.35. The van der Waals surface area contributed by atoms with E-state index in [2.05, 4.69) is 4.74 Å². The highest BCUT2D eigenvalue weighted by atomic mass is 19.1. The fourth-order valence-corrected chi connectivity index (χ4v) is 2.49. The predicted octanol–water partition coefficient (Wildman–Crippen LogP) is 1.44. The summed E-state index contributed by atoms with van der Waals surface area (Å²) in [5.41, 5.74) is 0.197. The van der Waals surface area contributed by atoms with Crippen molar-refractivity contribution in [3.05, 3.63) is 41.5 Å². The van der Waals surface area contributed by atoms with Gasteiger partial charge in [0.2, 0.25) is 5.76 Å². The van der Waals surface area contributed by atoms with Gasteiger partial charge in [-0.25, -0.2) is 14.1 Å². The zero-order valence-electron chi connectivity index (χ0n) is 14.2. The van der Waals surface area contributed by atoms with Crippen molar-refractivity contribution in [1.82, 2.24) is 4.90 Å². The van der Waals surface area contributed by atoms with Gasteiger partial charge >= 0.3 is 11.9 Å². The van der Waals surface area contributed by atoms with E-state index in [1.54, 1.807) is 4.90 Å². The van der Waals surface area contributed by atoms with Crippen LogP contribution in [0.1, 0.15) is 13.8 Å². The third-order valence-corrected chi connectivity index (χ3v) is 3.66. The third-order valence-electron chi connectivity index (χ3n) is 3.66. The van der Waals surface area contributed by atoms with Crippen molar-refractivity contribution in [3.63, 3.8) is 0 Å². The number of hydrogen-bond donors (Lipinski definition) is 0. The molecule has 7 nitrogen and oxygen atoms in total. The molecule has 1 aromatic rings. The van der Waals surface area contributed by atoms with Crippen LogP contribution in [0.2, 0.25) is 0 Å². The highest BCUT2D eigenvalue weighted by molar-refractivity contribution is 6.32. The Hall–Kier alpha value is -2.74.